The van der Waals surface area contributed by atoms with E-state index in [2.05, 4.69) is 203 Å². The van der Waals surface area contributed by atoms with Crippen molar-refractivity contribution in [3.63, 3.8) is 0 Å². The molecule has 14 heterocycles. The monoisotopic (exact) mass is 1510 g/mol. The summed E-state index contributed by atoms with van der Waals surface area (Å²) < 4.78 is 14.3. The molecule has 12 aliphatic heterocycles. The predicted octanol–water partition coefficient (Wildman–Crippen LogP) is 17.1. The number of aryl methyl sites for hydroxylation is 2. The van der Waals surface area contributed by atoms with Gasteiger partial charge in [-0.2, -0.15) is 0 Å². The van der Waals surface area contributed by atoms with Crippen LogP contribution in [0.25, 0.3) is 0 Å². The van der Waals surface area contributed by atoms with Crippen molar-refractivity contribution in [1.82, 2.24) is 62.5 Å². The molecule has 16 rings (SSSR count). The number of thioether (sulfide) groups is 1. The van der Waals surface area contributed by atoms with Crippen LogP contribution < -0.4 is 53.6 Å². The number of dihydropyridines is 1. The number of hydrogen-bond donors (Lipinski definition) is 10. The van der Waals surface area contributed by atoms with E-state index in [-0.39, 0.29) is 17.0 Å². The van der Waals surface area contributed by atoms with Gasteiger partial charge in [0, 0.05) is 163 Å². The Labute approximate surface area is 654 Å². The van der Waals surface area contributed by atoms with E-state index in [1.807, 2.05) is 114 Å². The summed E-state index contributed by atoms with van der Waals surface area (Å²) in [4.78, 5) is 52.7. The summed E-state index contributed by atoms with van der Waals surface area (Å²) in [5.74, 6) is 7.84. The van der Waals surface area contributed by atoms with Crippen molar-refractivity contribution < 1.29 is 19.0 Å². The molecule has 0 fully saturated rings. The van der Waals surface area contributed by atoms with E-state index in [1.54, 1.807) is 67.6 Å². The van der Waals surface area contributed by atoms with E-state index in [4.69, 9.17) is 9.47 Å². The Morgan fingerprint density at radius 1 is 0.716 bits per heavy atom. The third kappa shape index (κ3) is 41.5. The SMILES string of the molecule is C=C1C=C(C)C(=O)O1.C=C1C=C(C)C2=C(CCCC2)N1.C=C1C=C(C)O1.C=C1C=CN=C(C)N1.C=C1C=NC=CN1C.C=C1CC=C(C)N1.C=C1N=CNN1C.C=C1NC=C(C)N1.C=C1NC=C[C@@H]1C.CC1=CCCS1.C[C@@H]1CC=CNC1.C[C@H]1CC=CO1.C[C@H]1CCc2[nH]c(=O)ccc2C1.Cc1cc(=O)cc[nH]1. The first-order chi connectivity index (χ1) is 51.8. The van der Waals surface area contributed by atoms with Gasteiger partial charge >= 0.3 is 5.97 Å². The Morgan fingerprint density at radius 2 is 1.45 bits per heavy atom. The normalized spacial score (nSPS) is 20.6. The van der Waals surface area contributed by atoms with Gasteiger partial charge in [0.15, 0.2) is 5.43 Å². The number of fused-ring (bicyclic) bond motifs is 1. The zero-order valence-corrected chi connectivity index (χ0v) is 68.1. The van der Waals surface area contributed by atoms with Gasteiger partial charge in [-0.1, -0.05) is 110 Å². The first-order valence-electron chi connectivity index (χ1n) is 36.8. The highest BCUT2D eigenvalue weighted by Crippen LogP contribution is 2.32. The number of amidine groups is 1. The fourth-order valence-electron chi connectivity index (χ4n) is 10.2. The second kappa shape index (κ2) is 51.2. The van der Waals surface area contributed by atoms with Crippen LogP contribution in [0.1, 0.15) is 151 Å². The molecule has 4 atom stereocenters. The van der Waals surface area contributed by atoms with E-state index < -0.39 is 0 Å². The molecule has 0 aromatic carbocycles. The molecule has 0 bridgehead atoms. The predicted molar refractivity (Wildman–Crippen MR) is 459 cm³/mol. The maximum absolute atomic E-state index is 11.0. The largest absolute Gasteiger partial charge is 0.498 e. The molecule has 2 aromatic heterocycles. The number of cyclic esters (lactones) is 1. The number of nitrogens with zero attached hydrogens (tertiary/aromatic N) is 5. The van der Waals surface area contributed by atoms with Crippen LogP contribution >= 0.6 is 11.8 Å². The van der Waals surface area contributed by atoms with Crippen LogP contribution in [0.3, 0.4) is 0 Å². The van der Waals surface area contributed by atoms with Gasteiger partial charge in [-0.15, -0.1) is 11.8 Å². The van der Waals surface area contributed by atoms with Crippen LogP contribution in [0.2, 0.25) is 0 Å². The van der Waals surface area contributed by atoms with Gasteiger partial charge in [-0.25, -0.2) is 14.8 Å². The number of aromatic amines is 2. The lowest BCUT2D eigenvalue weighted by atomic mass is 9.88. The summed E-state index contributed by atoms with van der Waals surface area (Å²) in [7, 11) is 3.79. The number of esters is 1. The molecule has 10 N–H and O–H groups in total. The molecule has 2 aromatic rings. The fraction of sp³-hybridized carbons (Fsp3) is 0.356. The maximum atomic E-state index is 11.0. The number of rotatable bonds is 0. The first kappa shape index (κ1) is 92.1. The lowest BCUT2D eigenvalue weighted by molar-refractivity contribution is -0.133. The van der Waals surface area contributed by atoms with Crippen molar-refractivity contribution in [2.75, 3.05) is 26.4 Å². The molecule has 0 unspecified atom stereocenters. The zero-order valence-electron chi connectivity index (χ0n) is 67.2. The Hall–Kier alpha value is -11.1. The van der Waals surface area contributed by atoms with E-state index in [0.29, 0.717) is 23.4 Å². The summed E-state index contributed by atoms with van der Waals surface area (Å²) in [6.07, 6.45) is 49.6. The molecular formula is C87H123N15O6S. The minimum Gasteiger partial charge on any atom is -0.498 e. The van der Waals surface area contributed by atoms with Gasteiger partial charge in [0.25, 0.3) is 0 Å². The lowest BCUT2D eigenvalue weighted by Gasteiger charge is -2.26. The first-order valence-corrected chi connectivity index (χ1v) is 37.7. The summed E-state index contributed by atoms with van der Waals surface area (Å²) >= 11 is 1.96. The van der Waals surface area contributed by atoms with Gasteiger partial charge in [0.05, 0.1) is 23.9 Å². The molecule has 0 spiro atoms. The number of allylic oxidation sites excluding steroid dienone is 16. The summed E-state index contributed by atoms with van der Waals surface area (Å²) in [5, 5.41) is 23.1. The second-order valence-corrected chi connectivity index (χ2v) is 28.5. The van der Waals surface area contributed by atoms with Crippen LogP contribution in [0, 0.1) is 24.7 Å². The number of hydrogen-bond acceptors (Lipinski definition) is 20. The number of carbonyl (C=O) groups excluding carboxylic acids is 1. The number of ether oxygens (including phenoxy) is 3. The standard InChI is InChI=1S/C11H15N.C10H13NO.2C6H8N2.C6H7NO.2C6H9N.C6H11N.C6H6O2.C5H8N2.C5H6O.C5H8O.C5H8S.C4H7N3/c1-8-7-9(2)12-11-6-4-3-5-10(8)11;1-7-2-4-9-8(6-7)3-5-10(12)11-9;1-6-5-7-3-4-8(6)2;1-5-3-4-7-6(2)8-5;1-5-4-6(8)2-3-7-5;1-5-3-4-7-6(5)2;1-5-3-4-6(2)7-5;1-6-3-2-4-7-5-6;1-4-3-5(2)8-6(4)7;1-4-3-6-5(2)7-4;1-4-3-5(2)6-4;2*1-5-3-2-4-6-5;1-4-5-3-6-7(4)2/h7,12H,2-6H2,1H3;3,5,7H,2,4,6H2,1H3,(H,11,12);3-5H,1H2,2H3;3-4H,1H2,2H3,(H,7,8);2-4H,1H3,(H,7,8);3-5,7H,2H2,1H3;4,7H,1,3H2,2H3;2,4,6-7H,3,5H2,1H3;3H,2H2,1H3;3,6-7H,2H2,1H3;3H,1H2,2H3;2,4-5H,3H2,1H3;3H,2,4H2,1H3;3H,1H2,2H3,(H,5,6)/t;7-;;;;5-;;6-;;;;5-;;/m.0...0.1...0../s1. The van der Waals surface area contributed by atoms with E-state index in [9.17, 15) is 14.4 Å². The fourth-order valence-corrected chi connectivity index (χ4v) is 11.0. The number of carbonyl (C=O) groups is 1. The molecular weight excluding hydrogens is 1380 g/mol. The van der Waals surface area contributed by atoms with Gasteiger partial charge < -0.3 is 66.3 Å². The highest BCUT2D eigenvalue weighted by molar-refractivity contribution is 8.03. The van der Waals surface area contributed by atoms with Gasteiger partial charge in [-0.05, 0) is 190 Å². The van der Waals surface area contributed by atoms with Gasteiger partial charge in [-0.3, -0.25) is 25.0 Å². The van der Waals surface area contributed by atoms with Crippen molar-refractivity contribution in [3.05, 3.63) is 321 Å². The number of hydrazine groups is 1. The average Bonchev–Trinajstić information content (AvgIpc) is 1.82. The molecule has 0 saturated heterocycles. The highest BCUT2D eigenvalue weighted by Gasteiger charge is 2.19. The molecule has 2 aliphatic carbocycles. The van der Waals surface area contributed by atoms with Crippen molar-refractivity contribution in [3.8, 4) is 0 Å². The molecule has 588 valence electrons. The Balaban J connectivity index is 0.000000306. The van der Waals surface area contributed by atoms with Crippen LogP contribution in [0.5, 0.6) is 0 Å². The quantitative estimate of drug-likeness (QED) is 0.110. The van der Waals surface area contributed by atoms with Gasteiger partial charge in [0.1, 0.15) is 35.3 Å². The van der Waals surface area contributed by atoms with E-state index >= 15 is 0 Å². The van der Waals surface area contributed by atoms with Crippen LogP contribution in [0.4, 0.5) is 0 Å². The van der Waals surface area contributed by atoms with E-state index in [1.165, 1.54) is 89.8 Å². The number of aliphatic imine (C=N–C) groups is 3. The molecule has 109 heavy (non-hydrogen) atoms. The summed E-state index contributed by atoms with van der Waals surface area (Å²) in [6, 6.07) is 6.63. The smallest absolute Gasteiger partial charge is 0.339 e. The zero-order chi connectivity index (χ0) is 80.8. The molecule has 0 radical (unpaired) electrons. The number of nitrogens with one attached hydrogen (secondary N) is 10. The van der Waals surface area contributed by atoms with Crippen molar-refractivity contribution in [2.45, 2.75) is 160 Å². The molecule has 14 aliphatic rings. The van der Waals surface area contributed by atoms with Gasteiger partial charge in [0.2, 0.25) is 5.56 Å². The minimum atomic E-state index is -0.282. The number of H-pyrrole nitrogens is 2. The van der Waals surface area contributed by atoms with Crippen molar-refractivity contribution >= 4 is 36.1 Å². The van der Waals surface area contributed by atoms with E-state index in [0.717, 1.165) is 119 Å². The van der Waals surface area contributed by atoms with Crippen molar-refractivity contribution in [2.24, 2.45) is 32.7 Å². The number of aromatic nitrogens is 2. The van der Waals surface area contributed by atoms with Crippen LogP contribution in [-0.2, 0) is 31.8 Å². The molecule has 0 saturated carbocycles. The van der Waals surface area contributed by atoms with Crippen LogP contribution in [0.15, 0.2) is 309 Å². The Bertz CT molecular complexity index is 4060. The second-order valence-electron chi connectivity index (χ2n) is 27.1. The van der Waals surface area contributed by atoms with Crippen molar-refractivity contribution in [1.29, 1.82) is 0 Å². The third-order valence-electron chi connectivity index (χ3n) is 16.5. The van der Waals surface area contributed by atoms with Crippen LogP contribution in [-0.4, -0.2) is 76.7 Å². The molecule has 21 nitrogen and oxygen atoms in total. The Kier molecular flexibility index (Phi) is 43.3. The highest BCUT2D eigenvalue weighted by atomic mass is 32.2. The topological polar surface area (TPSA) is 250 Å². The maximum Gasteiger partial charge on any atom is 0.339 e. The minimum absolute atomic E-state index is 0.0308. The lowest BCUT2D eigenvalue weighted by Crippen LogP contribution is -2.24. The third-order valence-corrected chi connectivity index (χ3v) is 17.6. The molecule has 22 heteroatoms. The summed E-state index contributed by atoms with van der Waals surface area (Å²) in [6.45, 7) is 58.5. The average molecular weight is 1510 g/mol. The number of pyridine rings is 2. The Morgan fingerprint density at radius 3 is 1.80 bits per heavy atom. The summed E-state index contributed by atoms with van der Waals surface area (Å²) in [5.41, 5.74) is 18.7. The molecule has 0 amide bonds.